The van der Waals surface area contributed by atoms with Gasteiger partial charge in [-0.25, -0.2) is 4.99 Å². The molecular formula is C26H16AgN4O4. The zero-order valence-electron chi connectivity index (χ0n) is 17.8. The number of aromatic amines is 2. The van der Waals surface area contributed by atoms with Crippen LogP contribution in [-0.2, 0) is 36.8 Å². The normalized spacial score (nSPS) is 16.9. The fourth-order valence-corrected chi connectivity index (χ4v) is 4.16. The number of rotatable bonds is 1. The summed E-state index contributed by atoms with van der Waals surface area (Å²) in [6.45, 7) is 0. The van der Waals surface area contributed by atoms with E-state index < -0.39 is 28.8 Å². The molecule has 0 spiro atoms. The zero-order chi connectivity index (χ0) is 23.4. The second kappa shape index (κ2) is 8.52. The number of allylic oxidation sites excluding steroid dienone is 4. The van der Waals surface area contributed by atoms with Crippen LogP contribution in [0.3, 0.4) is 0 Å². The van der Waals surface area contributed by atoms with Gasteiger partial charge in [-0.2, -0.15) is 0 Å². The van der Waals surface area contributed by atoms with Crippen LogP contribution in [0, 0.1) is 0 Å². The van der Waals surface area contributed by atoms with E-state index in [1.165, 1.54) is 6.08 Å². The number of ketones is 3. The van der Waals surface area contributed by atoms with Gasteiger partial charge in [-0.1, -0.05) is 30.3 Å². The van der Waals surface area contributed by atoms with Gasteiger partial charge in [0, 0.05) is 44.5 Å². The molecule has 3 aliphatic rings. The number of aliphatic imine (C=N–C) groups is 1. The molecule has 1 aromatic carbocycles. The second-order valence-corrected chi connectivity index (χ2v) is 8.01. The van der Waals surface area contributed by atoms with E-state index >= 15 is 0 Å². The summed E-state index contributed by atoms with van der Waals surface area (Å²) in [6.07, 6.45) is 5.07. The molecule has 0 fully saturated rings. The molecule has 0 unspecified atom stereocenters. The first-order chi connectivity index (χ1) is 16.5. The Morgan fingerprint density at radius 2 is 1.40 bits per heavy atom. The topological polar surface area (TPSA) is 127 Å². The van der Waals surface area contributed by atoms with Gasteiger partial charge < -0.3 is 20.4 Å². The standard InChI is InChI=1S/C26H16N4O4.Ag/c31-23-19-12-17-9-7-15(28-17)10-14-6-8-16(27-14)11-18-20(13-4-2-1-3-5-13)24(32)21(29-18)25(33)22(30-19)26(23)34;/h1-12,27-29,33H;. The number of carbonyl (C=O) groups excluding carboxylic acids is 3. The van der Waals surface area contributed by atoms with E-state index in [1.807, 2.05) is 30.3 Å². The van der Waals surface area contributed by atoms with E-state index in [4.69, 9.17) is 0 Å². The average Bonchev–Trinajstić information content (AvgIpc) is 3.59. The zero-order valence-corrected chi connectivity index (χ0v) is 19.3. The Morgan fingerprint density at radius 1 is 0.714 bits per heavy atom. The molecule has 4 N–H and O–H groups in total. The van der Waals surface area contributed by atoms with Crippen molar-refractivity contribution in [2.24, 2.45) is 4.99 Å². The molecule has 0 aliphatic carbocycles. The third-order valence-electron chi connectivity index (χ3n) is 5.76. The van der Waals surface area contributed by atoms with E-state index in [0.717, 1.165) is 16.4 Å². The first kappa shape index (κ1) is 22.5. The SMILES string of the molecule is O=C1C(=O)C2=NC1=Cc1ccc([nH]1)C=c1ccc([nH]1)=CC1=C(c3ccccc3)C(=O)C(=C2O)N1.[Ag]. The van der Waals surface area contributed by atoms with Crippen molar-refractivity contribution in [3.8, 4) is 0 Å². The van der Waals surface area contributed by atoms with Crippen molar-refractivity contribution in [2.75, 3.05) is 0 Å². The predicted molar refractivity (Wildman–Crippen MR) is 125 cm³/mol. The Morgan fingerprint density at radius 3 is 2.14 bits per heavy atom. The largest absolute Gasteiger partial charge is 0.504 e. The van der Waals surface area contributed by atoms with E-state index in [2.05, 4.69) is 20.3 Å². The minimum absolute atomic E-state index is 0. The number of aliphatic hydroxyl groups excluding tert-OH is 1. The molecule has 0 saturated carbocycles. The van der Waals surface area contributed by atoms with E-state index in [9.17, 15) is 19.5 Å². The molecule has 1 radical (unpaired) electrons. The van der Waals surface area contributed by atoms with Crippen molar-refractivity contribution in [1.29, 1.82) is 0 Å². The number of aliphatic hydroxyl groups is 1. The molecule has 6 rings (SSSR count). The quantitative estimate of drug-likeness (QED) is 0.265. The summed E-state index contributed by atoms with van der Waals surface area (Å²) in [5.74, 6) is -3.00. The molecule has 8 nitrogen and oxygen atoms in total. The number of nitrogens with zero attached hydrogens (tertiary/aromatic N) is 1. The molecule has 9 heteroatoms. The average molecular weight is 556 g/mol. The third kappa shape index (κ3) is 3.79. The van der Waals surface area contributed by atoms with Crippen LogP contribution < -0.4 is 16.0 Å². The third-order valence-corrected chi connectivity index (χ3v) is 5.76. The Labute approximate surface area is 213 Å². The van der Waals surface area contributed by atoms with Gasteiger partial charge in [0.25, 0.3) is 11.6 Å². The van der Waals surface area contributed by atoms with Crippen molar-refractivity contribution in [3.63, 3.8) is 0 Å². The summed E-state index contributed by atoms with van der Waals surface area (Å²) >= 11 is 0. The van der Waals surface area contributed by atoms with Gasteiger partial charge in [0.15, 0.2) is 11.5 Å². The number of aromatic nitrogens is 2. The van der Waals surface area contributed by atoms with Gasteiger partial charge in [-0.3, -0.25) is 14.4 Å². The predicted octanol–water partition coefficient (Wildman–Crippen LogP) is 1.25. The molecule has 0 saturated heterocycles. The first-order valence-electron chi connectivity index (χ1n) is 10.5. The van der Waals surface area contributed by atoms with Gasteiger partial charge in [0.05, 0.1) is 11.3 Å². The molecule has 5 heterocycles. The number of Topliss-reactive ketones (excluding diaryl/α,β-unsaturated/α-hetero) is 3. The van der Waals surface area contributed by atoms with E-state index in [-0.39, 0.29) is 33.8 Å². The number of H-pyrrole nitrogens is 2. The molecule has 2 aromatic heterocycles. The number of hydrogen-bond acceptors (Lipinski definition) is 6. The summed E-state index contributed by atoms with van der Waals surface area (Å²) in [6, 6.07) is 16.3. The van der Waals surface area contributed by atoms with Gasteiger partial charge in [-0.05, 0) is 48.1 Å². The summed E-state index contributed by atoms with van der Waals surface area (Å²) in [4.78, 5) is 49.1. The molecule has 8 bridgehead atoms. The van der Waals surface area contributed by atoms with Crippen LogP contribution in [0.5, 0.6) is 0 Å². The molecule has 3 aliphatic heterocycles. The maximum atomic E-state index is 13.4. The Bertz CT molecular complexity index is 1680. The number of carbonyl (C=O) groups is 3. The van der Waals surface area contributed by atoms with E-state index in [1.54, 1.807) is 36.4 Å². The fourth-order valence-electron chi connectivity index (χ4n) is 4.16. The van der Waals surface area contributed by atoms with Crippen molar-refractivity contribution >= 4 is 46.9 Å². The van der Waals surface area contributed by atoms with Crippen LogP contribution in [-0.4, -0.2) is 38.1 Å². The van der Waals surface area contributed by atoms with Crippen molar-refractivity contribution in [1.82, 2.24) is 15.3 Å². The summed E-state index contributed by atoms with van der Waals surface area (Å²) in [5.41, 5.74) is 1.95. The number of hydrogen-bond donors (Lipinski definition) is 4. The van der Waals surface area contributed by atoms with Crippen molar-refractivity contribution in [3.05, 3.63) is 105 Å². The first-order valence-corrected chi connectivity index (χ1v) is 10.5. The number of benzene rings is 1. The maximum Gasteiger partial charge on any atom is 0.257 e. The van der Waals surface area contributed by atoms with Crippen LogP contribution in [0.1, 0.15) is 17.0 Å². The smallest absolute Gasteiger partial charge is 0.257 e. The van der Waals surface area contributed by atoms with Crippen LogP contribution in [0.25, 0.3) is 23.8 Å². The Hall–Kier alpha value is -4.24. The minimum atomic E-state index is -0.971. The fraction of sp³-hybridized carbons (Fsp3) is 0. The van der Waals surface area contributed by atoms with Crippen LogP contribution >= 0.6 is 0 Å². The maximum absolute atomic E-state index is 13.4. The molecule has 175 valence electrons. The number of fused-ring (bicyclic) bond motifs is 7. The minimum Gasteiger partial charge on any atom is -0.504 e. The van der Waals surface area contributed by atoms with Gasteiger partial charge in [0.2, 0.25) is 5.78 Å². The van der Waals surface area contributed by atoms with Gasteiger partial charge in [0.1, 0.15) is 11.4 Å². The molecule has 3 aromatic rings. The van der Waals surface area contributed by atoms with Gasteiger partial charge in [-0.15, -0.1) is 0 Å². The van der Waals surface area contributed by atoms with Crippen LogP contribution in [0.2, 0.25) is 0 Å². The second-order valence-electron chi connectivity index (χ2n) is 8.01. The van der Waals surface area contributed by atoms with Crippen molar-refractivity contribution in [2.45, 2.75) is 0 Å². The van der Waals surface area contributed by atoms with Crippen molar-refractivity contribution < 1.29 is 41.9 Å². The summed E-state index contributed by atoms with van der Waals surface area (Å²) in [5, 5.41) is 15.4. The molecular weight excluding hydrogens is 540 g/mol. The van der Waals surface area contributed by atoms with Crippen LogP contribution in [0.4, 0.5) is 0 Å². The monoisotopic (exact) mass is 555 g/mol. The molecule has 0 atom stereocenters. The molecule has 0 amide bonds. The Kier molecular flexibility index (Phi) is 5.49. The van der Waals surface area contributed by atoms with Crippen LogP contribution in [0.15, 0.2) is 82.4 Å². The summed E-state index contributed by atoms with van der Waals surface area (Å²) in [7, 11) is 0. The van der Waals surface area contributed by atoms with Gasteiger partial charge >= 0.3 is 0 Å². The van der Waals surface area contributed by atoms with E-state index in [0.29, 0.717) is 22.5 Å². The summed E-state index contributed by atoms with van der Waals surface area (Å²) < 4.78 is 0. The number of nitrogens with one attached hydrogen (secondary N) is 3. The molecule has 35 heavy (non-hydrogen) atoms. The Balaban J connectivity index is 0.00000253.